The van der Waals surface area contributed by atoms with Crippen molar-refractivity contribution >= 4 is 0 Å². The van der Waals surface area contributed by atoms with Crippen LogP contribution in [0.3, 0.4) is 0 Å². The predicted octanol–water partition coefficient (Wildman–Crippen LogP) is 2.14. The third-order valence-corrected chi connectivity index (χ3v) is 2.37. The average molecular weight is 182 g/mol. The molecule has 0 saturated heterocycles. The van der Waals surface area contributed by atoms with E-state index in [0.717, 1.165) is 19.4 Å². The van der Waals surface area contributed by atoms with E-state index in [2.05, 4.69) is 11.5 Å². The zero-order chi connectivity index (χ0) is 9.36. The number of nitriles is 1. The van der Waals surface area contributed by atoms with E-state index >= 15 is 0 Å². The minimum absolute atomic E-state index is 0.441. The van der Waals surface area contributed by atoms with Crippen molar-refractivity contribution in [1.82, 2.24) is 5.48 Å². The smallest absolute Gasteiger partial charge is 0.0790 e. The van der Waals surface area contributed by atoms with Crippen LogP contribution in [0.1, 0.15) is 44.9 Å². The van der Waals surface area contributed by atoms with Gasteiger partial charge in [0.15, 0.2) is 0 Å². The van der Waals surface area contributed by atoms with Gasteiger partial charge in [0.1, 0.15) is 0 Å². The molecule has 0 aromatic carbocycles. The molecule has 0 aliphatic heterocycles. The van der Waals surface area contributed by atoms with Crippen LogP contribution in [0.4, 0.5) is 0 Å². The first-order valence-electron chi connectivity index (χ1n) is 5.19. The number of nitrogens with zero attached hydrogens (tertiary/aromatic N) is 1. The van der Waals surface area contributed by atoms with Crippen molar-refractivity contribution in [3.05, 3.63) is 0 Å². The highest BCUT2D eigenvalue weighted by molar-refractivity contribution is 4.68. The van der Waals surface area contributed by atoms with Gasteiger partial charge in [0.25, 0.3) is 0 Å². The fourth-order valence-corrected chi connectivity index (χ4v) is 1.58. The lowest BCUT2D eigenvalue weighted by molar-refractivity contribution is -0.0209. The molecule has 1 rings (SSSR count). The fourth-order valence-electron chi connectivity index (χ4n) is 1.58. The molecule has 0 atom stereocenters. The van der Waals surface area contributed by atoms with E-state index in [-0.39, 0.29) is 0 Å². The van der Waals surface area contributed by atoms with Gasteiger partial charge in [0, 0.05) is 13.0 Å². The summed E-state index contributed by atoms with van der Waals surface area (Å²) in [5.74, 6) is 0. The lowest BCUT2D eigenvalue weighted by Gasteiger charge is -2.10. The summed E-state index contributed by atoms with van der Waals surface area (Å²) in [5, 5.41) is 8.29. The fraction of sp³-hybridized carbons (Fsp3) is 0.900. The van der Waals surface area contributed by atoms with Crippen LogP contribution in [0.5, 0.6) is 0 Å². The van der Waals surface area contributed by atoms with E-state index in [1.165, 1.54) is 25.7 Å². The molecule has 0 spiro atoms. The van der Waals surface area contributed by atoms with Crippen molar-refractivity contribution in [3.63, 3.8) is 0 Å². The van der Waals surface area contributed by atoms with Gasteiger partial charge >= 0.3 is 0 Å². The van der Waals surface area contributed by atoms with E-state index in [1.54, 1.807) is 0 Å². The van der Waals surface area contributed by atoms with Crippen LogP contribution in [0.25, 0.3) is 0 Å². The third-order valence-electron chi connectivity index (χ3n) is 2.37. The molecule has 74 valence electrons. The molecule has 1 fully saturated rings. The Morgan fingerprint density at radius 1 is 1.31 bits per heavy atom. The molecule has 0 radical (unpaired) electrons. The molecule has 0 aromatic heterocycles. The summed E-state index contributed by atoms with van der Waals surface area (Å²) in [4.78, 5) is 5.45. The summed E-state index contributed by atoms with van der Waals surface area (Å²) in [5.41, 5.74) is 2.98. The van der Waals surface area contributed by atoms with Gasteiger partial charge in [-0.05, 0) is 25.7 Å². The summed E-state index contributed by atoms with van der Waals surface area (Å²) in [6, 6.07) is 2.13. The molecule has 0 bridgehead atoms. The molecular weight excluding hydrogens is 164 g/mol. The van der Waals surface area contributed by atoms with E-state index in [4.69, 9.17) is 10.1 Å². The molecular formula is C10H18N2O. The van der Waals surface area contributed by atoms with Gasteiger partial charge < -0.3 is 0 Å². The molecule has 1 aliphatic rings. The van der Waals surface area contributed by atoms with Crippen LogP contribution in [0.15, 0.2) is 0 Å². The zero-order valence-corrected chi connectivity index (χ0v) is 8.09. The van der Waals surface area contributed by atoms with Crippen molar-refractivity contribution in [2.45, 2.75) is 51.0 Å². The van der Waals surface area contributed by atoms with Gasteiger partial charge in [-0.2, -0.15) is 5.26 Å². The summed E-state index contributed by atoms with van der Waals surface area (Å²) >= 11 is 0. The molecule has 1 aliphatic carbocycles. The van der Waals surface area contributed by atoms with Crippen LogP contribution >= 0.6 is 0 Å². The monoisotopic (exact) mass is 182 g/mol. The number of unbranched alkanes of at least 4 members (excludes halogenated alkanes) is 2. The van der Waals surface area contributed by atoms with Crippen molar-refractivity contribution < 1.29 is 4.84 Å². The molecule has 13 heavy (non-hydrogen) atoms. The van der Waals surface area contributed by atoms with Gasteiger partial charge in [-0.25, -0.2) is 5.48 Å². The van der Waals surface area contributed by atoms with E-state index in [1.807, 2.05) is 0 Å². The Labute approximate surface area is 80.0 Å². The maximum absolute atomic E-state index is 8.29. The first kappa shape index (κ1) is 10.5. The first-order chi connectivity index (χ1) is 6.43. The molecule has 3 heteroatoms. The summed E-state index contributed by atoms with van der Waals surface area (Å²) in [6.45, 7) is 0.873. The second-order valence-corrected chi connectivity index (χ2v) is 3.53. The van der Waals surface area contributed by atoms with Crippen LogP contribution in [0.2, 0.25) is 0 Å². The highest BCUT2D eigenvalue weighted by Gasteiger charge is 2.14. The van der Waals surface area contributed by atoms with Gasteiger partial charge in [0.2, 0.25) is 0 Å². The van der Waals surface area contributed by atoms with Crippen molar-refractivity contribution in [3.8, 4) is 6.07 Å². The minimum Gasteiger partial charge on any atom is -0.299 e. The number of hydroxylamine groups is 1. The molecule has 0 amide bonds. The molecule has 3 nitrogen and oxygen atoms in total. The van der Waals surface area contributed by atoms with Crippen LogP contribution < -0.4 is 5.48 Å². The first-order valence-corrected chi connectivity index (χ1v) is 5.19. The SMILES string of the molecule is N#CCCCCNOC1CCCC1. The van der Waals surface area contributed by atoms with Gasteiger partial charge in [-0.15, -0.1) is 0 Å². The average Bonchev–Trinajstić information content (AvgIpc) is 2.63. The molecule has 0 aromatic rings. The predicted molar refractivity (Wildman–Crippen MR) is 50.8 cm³/mol. The molecule has 1 saturated carbocycles. The number of hydrogen-bond acceptors (Lipinski definition) is 3. The number of rotatable bonds is 6. The van der Waals surface area contributed by atoms with Crippen molar-refractivity contribution in [2.75, 3.05) is 6.54 Å². The highest BCUT2D eigenvalue weighted by atomic mass is 16.7. The van der Waals surface area contributed by atoms with Gasteiger partial charge in [0.05, 0.1) is 12.2 Å². The zero-order valence-electron chi connectivity index (χ0n) is 8.09. The van der Waals surface area contributed by atoms with Crippen molar-refractivity contribution in [2.24, 2.45) is 0 Å². The lowest BCUT2D eigenvalue weighted by Crippen LogP contribution is -2.22. The van der Waals surface area contributed by atoms with Crippen molar-refractivity contribution in [1.29, 1.82) is 5.26 Å². The maximum atomic E-state index is 8.29. The van der Waals surface area contributed by atoms with E-state index < -0.39 is 0 Å². The summed E-state index contributed by atoms with van der Waals surface area (Å²) in [7, 11) is 0. The van der Waals surface area contributed by atoms with Crippen LogP contribution in [-0.4, -0.2) is 12.6 Å². The standard InChI is InChI=1S/C10H18N2O/c11-8-4-1-5-9-12-13-10-6-2-3-7-10/h10,12H,1-7,9H2. The third kappa shape index (κ3) is 4.87. The summed E-state index contributed by atoms with van der Waals surface area (Å²) < 4.78 is 0. The maximum Gasteiger partial charge on any atom is 0.0790 e. The Balaban J connectivity index is 1.81. The largest absolute Gasteiger partial charge is 0.299 e. The topological polar surface area (TPSA) is 45.0 Å². The second-order valence-electron chi connectivity index (χ2n) is 3.53. The Kier molecular flexibility index (Phi) is 5.55. The number of hydrogen-bond donors (Lipinski definition) is 1. The van der Waals surface area contributed by atoms with Crippen LogP contribution in [0, 0.1) is 11.3 Å². The number of nitrogens with one attached hydrogen (secondary N) is 1. The van der Waals surface area contributed by atoms with Gasteiger partial charge in [-0.1, -0.05) is 12.8 Å². The quantitative estimate of drug-likeness (QED) is 0.505. The second kappa shape index (κ2) is 6.88. The Bertz CT molecular complexity index is 159. The van der Waals surface area contributed by atoms with E-state index in [9.17, 15) is 0 Å². The molecule has 0 unspecified atom stereocenters. The highest BCUT2D eigenvalue weighted by Crippen LogP contribution is 2.19. The lowest BCUT2D eigenvalue weighted by atomic mass is 10.2. The summed E-state index contributed by atoms with van der Waals surface area (Å²) in [6.07, 6.45) is 8.11. The Hall–Kier alpha value is -0.590. The van der Waals surface area contributed by atoms with E-state index in [0.29, 0.717) is 12.5 Å². The Morgan fingerprint density at radius 2 is 2.08 bits per heavy atom. The molecule has 0 heterocycles. The Morgan fingerprint density at radius 3 is 2.77 bits per heavy atom. The van der Waals surface area contributed by atoms with Crippen LogP contribution in [-0.2, 0) is 4.84 Å². The molecule has 1 N–H and O–H groups in total. The van der Waals surface area contributed by atoms with Gasteiger partial charge in [-0.3, -0.25) is 4.84 Å². The normalized spacial score (nSPS) is 17.5. The minimum atomic E-state index is 0.441.